The second kappa shape index (κ2) is 8.13. The van der Waals surface area contributed by atoms with Crippen molar-refractivity contribution in [2.24, 2.45) is 0 Å². The first kappa shape index (κ1) is 17.5. The van der Waals surface area contributed by atoms with Gasteiger partial charge in [-0.05, 0) is 29.3 Å². The molecule has 0 saturated carbocycles. The topological polar surface area (TPSA) is 78.8 Å². The number of amides is 1. The van der Waals surface area contributed by atoms with Crippen molar-refractivity contribution < 1.29 is 19.6 Å². The first-order valence-corrected chi connectivity index (χ1v) is 7.39. The zero-order valence-electron chi connectivity index (χ0n) is 12.6. The average Bonchev–Trinajstić information content (AvgIpc) is 2.54. The average molecular weight is 334 g/mol. The molecule has 23 heavy (non-hydrogen) atoms. The molecule has 0 aliphatic carbocycles. The van der Waals surface area contributed by atoms with Gasteiger partial charge in [-0.3, -0.25) is 4.79 Å². The Balaban J connectivity index is 2.00. The van der Waals surface area contributed by atoms with Crippen molar-refractivity contribution >= 4 is 30.1 Å². The van der Waals surface area contributed by atoms with Crippen LogP contribution >= 0.6 is 11.6 Å². The van der Waals surface area contributed by atoms with Gasteiger partial charge in [-0.25, -0.2) is 0 Å². The minimum Gasteiger partial charge on any atom is -0.423 e. The van der Waals surface area contributed by atoms with Crippen LogP contribution < -0.4 is 10.8 Å². The molecule has 2 rings (SSSR count). The summed E-state index contributed by atoms with van der Waals surface area (Å²) in [7, 11) is -0.0822. The van der Waals surface area contributed by atoms with Crippen molar-refractivity contribution in [3.8, 4) is 0 Å². The van der Waals surface area contributed by atoms with E-state index < -0.39 is 7.12 Å². The first-order chi connectivity index (χ1) is 11.0. The monoisotopic (exact) mass is 333 g/mol. The number of nitrogens with one attached hydrogen (secondary N) is 1. The summed E-state index contributed by atoms with van der Waals surface area (Å²) in [6.07, 6.45) is 0. The summed E-state index contributed by atoms with van der Waals surface area (Å²) in [6.45, 7) is 0.912. The predicted octanol–water partition coefficient (Wildman–Crippen LogP) is 1.10. The van der Waals surface area contributed by atoms with Gasteiger partial charge in [0, 0.05) is 29.7 Å². The molecule has 2 aromatic rings. The Kier molecular flexibility index (Phi) is 6.18. The van der Waals surface area contributed by atoms with Gasteiger partial charge in [0.1, 0.15) is 0 Å². The number of carbonyl (C=O) groups excluding carboxylic acids is 1. The van der Waals surface area contributed by atoms with Crippen LogP contribution in [0, 0.1) is 0 Å². The first-order valence-electron chi connectivity index (χ1n) is 7.02. The van der Waals surface area contributed by atoms with Crippen molar-refractivity contribution in [2.75, 3.05) is 7.11 Å². The smallest absolute Gasteiger partial charge is 0.423 e. The molecular weight excluding hydrogens is 316 g/mol. The third-order valence-electron chi connectivity index (χ3n) is 3.32. The number of halogens is 1. The summed E-state index contributed by atoms with van der Waals surface area (Å²) >= 11 is 5.85. The number of benzene rings is 2. The lowest BCUT2D eigenvalue weighted by Crippen LogP contribution is -2.32. The van der Waals surface area contributed by atoms with Gasteiger partial charge in [-0.2, -0.15) is 0 Å². The van der Waals surface area contributed by atoms with Gasteiger partial charge in [0.05, 0.1) is 6.61 Å². The molecule has 0 unspecified atom stereocenters. The van der Waals surface area contributed by atoms with Crippen molar-refractivity contribution in [2.45, 2.75) is 13.2 Å². The van der Waals surface area contributed by atoms with E-state index in [1.165, 1.54) is 18.2 Å². The Hall–Kier alpha value is -1.86. The van der Waals surface area contributed by atoms with Gasteiger partial charge >= 0.3 is 7.12 Å². The van der Waals surface area contributed by atoms with E-state index in [0.29, 0.717) is 18.7 Å². The molecule has 5 nitrogen and oxygen atoms in total. The van der Waals surface area contributed by atoms with Crippen molar-refractivity contribution in [1.82, 2.24) is 5.32 Å². The highest BCUT2D eigenvalue weighted by atomic mass is 35.5. The van der Waals surface area contributed by atoms with Crippen molar-refractivity contribution in [3.63, 3.8) is 0 Å². The molecule has 1 amide bonds. The maximum atomic E-state index is 12.1. The molecule has 0 aliphatic heterocycles. The maximum Gasteiger partial charge on any atom is 0.489 e. The van der Waals surface area contributed by atoms with Gasteiger partial charge in [-0.15, -0.1) is 0 Å². The third-order valence-corrected chi connectivity index (χ3v) is 3.67. The molecule has 0 aliphatic rings. The van der Waals surface area contributed by atoms with E-state index in [1.54, 1.807) is 7.11 Å². The zero-order valence-corrected chi connectivity index (χ0v) is 13.4. The fourth-order valence-electron chi connectivity index (χ4n) is 2.09. The molecule has 120 valence electrons. The second-order valence-corrected chi connectivity index (χ2v) is 5.45. The summed E-state index contributed by atoms with van der Waals surface area (Å²) in [5, 5.41) is 21.4. The molecule has 0 radical (unpaired) electrons. The summed E-state index contributed by atoms with van der Waals surface area (Å²) in [5.41, 5.74) is 2.42. The standard InChI is InChI=1S/C16H17BClNO4/c1-23-10-12-4-2-11(3-5-12)9-19-16(20)13-6-7-15(18)14(8-13)17(21)22/h2-8,21-22H,9-10H2,1H3,(H,19,20). The number of carbonyl (C=O) groups is 1. The van der Waals surface area contributed by atoms with E-state index in [0.717, 1.165) is 11.1 Å². The highest BCUT2D eigenvalue weighted by Gasteiger charge is 2.17. The van der Waals surface area contributed by atoms with E-state index >= 15 is 0 Å². The van der Waals surface area contributed by atoms with Crippen LogP contribution in [0.1, 0.15) is 21.5 Å². The van der Waals surface area contributed by atoms with E-state index in [9.17, 15) is 14.8 Å². The Morgan fingerprint density at radius 2 is 1.83 bits per heavy atom. The minimum atomic E-state index is -1.72. The van der Waals surface area contributed by atoms with Crippen LogP contribution in [0.4, 0.5) is 0 Å². The molecule has 0 bridgehead atoms. The number of hydrogen-bond donors (Lipinski definition) is 3. The van der Waals surface area contributed by atoms with E-state index in [2.05, 4.69) is 5.32 Å². The fourth-order valence-corrected chi connectivity index (χ4v) is 2.30. The Morgan fingerprint density at radius 1 is 1.17 bits per heavy atom. The Bertz CT molecular complexity index is 676. The van der Waals surface area contributed by atoms with E-state index in [4.69, 9.17) is 16.3 Å². The second-order valence-electron chi connectivity index (χ2n) is 5.04. The SMILES string of the molecule is COCc1ccc(CNC(=O)c2ccc(Cl)c(B(O)O)c2)cc1. The Labute approximate surface area is 140 Å². The van der Waals surface area contributed by atoms with E-state index in [1.807, 2.05) is 24.3 Å². The van der Waals surface area contributed by atoms with Gasteiger partial charge in [0.25, 0.3) is 5.91 Å². The molecule has 0 aromatic heterocycles. The van der Waals surface area contributed by atoms with Gasteiger partial charge < -0.3 is 20.1 Å². The van der Waals surface area contributed by atoms with Crippen LogP contribution in [-0.2, 0) is 17.9 Å². The lowest BCUT2D eigenvalue weighted by Gasteiger charge is -2.09. The molecule has 7 heteroatoms. The predicted molar refractivity (Wildman–Crippen MR) is 89.6 cm³/mol. The molecule has 0 atom stereocenters. The molecule has 3 N–H and O–H groups in total. The molecule has 0 saturated heterocycles. The lowest BCUT2D eigenvalue weighted by molar-refractivity contribution is 0.0951. The summed E-state index contributed by atoms with van der Waals surface area (Å²) in [5.74, 6) is -0.315. The number of ether oxygens (including phenoxy) is 1. The largest absolute Gasteiger partial charge is 0.489 e. The normalized spacial score (nSPS) is 10.4. The van der Waals surface area contributed by atoms with Crippen LogP contribution in [0.25, 0.3) is 0 Å². The van der Waals surface area contributed by atoms with Crippen molar-refractivity contribution in [3.05, 3.63) is 64.2 Å². The summed E-state index contributed by atoms with van der Waals surface area (Å²) < 4.78 is 5.04. The molecule has 2 aromatic carbocycles. The van der Waals surface area contributed by atoms with Gasteiger partial charge in [0.15, 0.2) is 0 Å². The third kappa shape index (κ3) is 4.81. The van der Waals surface area contributed by atoms with E-state index in [-0.39, 0.29) is 16.4 Å². The van der Waals surface area contributed by atoms with Crippen molar-refractivity contribution in [1.29, 1.82) is 0 Å². The molecule has 0 fully saturated rings. The highest BCUT2D eigenvalue weighted by Crippen LogP contribution is 2.09. The summed E-state index contributed by atoms with van der Waals surface area (Å²) in [4.78, 5) is 12.1. The molecule has 0 spiro atoms. The highest BCUT2D eigenvalue weighted by molar-refractivity contribution is 6.62. The maximum absolute atomic E-state index is 12.1. The van der Waals surface area contributed by atoms with Crippen LogP contribution in [0.2, 0.25) is 5.02 Å². The Morgan fingerprint density at radius 3 is 2.43 bits per heavy atom. The van der Waals surface area contributed by atoms with Gasteiger partial charge in [-0.1, -0.05) is 35.9 Å². The number of hydrogen-bond acceptors (Lipinski definition) is 4. The van der Waals surface area contributed by atoms with Crippen LogP contribution in [-0.4, -0.2) is 30.2 Å². The van der Waals surface area contributed by atoms with Crippen LogP contribution in [0.15, 0.2) is 42.5 Å². The number of methoxy groups -OCH3 is 1. The summed E-state index contributed by atoms with van der Waals surface area (Å²) in [6, 6.07) is 12.1. The number of rotatable bonds is 6. The quantitative estimate of drug-likeness (QED) is 0.692. The minimum absolute atomic E-state index is 0.100. The zero-order chi connectivity index (χ0) is 16.8. The fraction of sp³-hybridized carbons (Fsp3) is 0.188. The molecular formula is C16H17BClNO4. The van der Waals surface area contributed by atoms with Gasteiger partial charge in [0.2, 0.25) is 0 Å². The molecule has 0 heterocycles. The van der Waals surface area contributed by atoms with Crippen LogP contribution in [0.3, 0.4) is 0 Å². The van der Waals surface area contributed by atoms with Crippen LogP contribution in [0.5, 0.6) is 0 Å². The lowest BCUT2D eigenvalue weighted by atomic mass is 9.79.